The zero-order chi connectivity index (χ0) is 16.8. The first kappa shape index (κ1) is 17.1. The Balaban J connectivity index is 1.75. The van der Waals surface area contributed by atoms with Crippen molar-refractivity contribution in [2.75, 3.05) is 0 Å². The van der Waals surface area contributed by atoms with E-state index in [2.05, 4.69) is 10.4 Å². The summed E-state index contributed by atoms with van der Waals surface area (Å²) in [5.41, 5.74) is 1.70. The van der Waals surface area contributed by atoms with Crippen LogP contribution in [0.2, 0.25) is 0 Å². The van der Waals surface area contributed by atoms with Crippen LogP contribution >= 0.6 is 0 Å². The molecule has 6 heteroatoms. The van der Waals surface area contributed by atoms with E-state index < -0.39 is 6.10 Å². The van der Waals surface area contributed by atoms with Gasteiger partial charge in [-0.05, 0) is 43.5 Å². The summed E-state index contributed by atoms with van der Waals surface area (Å²) in [6, 6.07) is 5.55. The summed E-state index contributed by atoms with van der Waals surface area (Å²) < 4.78 is 14.6. The summed E-state index contributed by atoms with van der Waals surface area (Å²) in [6.07, 6.45) is 3.60. The predicted octanol–water partition coefficient (Wildman–Crippen LogP) is 2.35. The Morgan fingerprint density at radius 2 is 2.09 bits per heavy atom. The Morgan fingerprint density at radius 3 is 2.70 bits per heavy atom. The Labute approximate surface area is 135 Å². The van der Waals surface area contributed by atoms with E-state index >= 15 is 0 Å². The number of aromatic nitrogens is 2. The Bertz CT molecular complexity index is 640. The fraction of sp³-hybridized carbons (Fsp3) is 0.412. The number of halogens is 1. The third-order valence-corrected chi connectivity index (χ3v) is 3.57. The molecule has 0 radical (unpaired) electrons. The SMILES string of the molecule is Cc1cnn(CCC(=O)NC(C)CC(O)c2ccc(F)cc2)c1. The van der Waals surface area contributed by atoms with Gasteiger partial charge < -0.3 is 10.4 Å². The molecule has 2 rings (SSSR count). The van der Waals surface area contributed by atoms with Crippen molar-refractivity contribution in [2.45, 2.75) is 45.4 Å². The van der Waals surface area contributed by atoms with E-state index in [1.165, 1.54) is 12.1 Å². The van der Waals surface area contributed by atoms with Crippen molar-refractivity contribution >= 4 is 5.91 Å². The van der Waals surface area contributed by atoms with E-state index in [0.29, 0.717) is 24.9 Å². The van der Waals surface area contributed by atoms with Gasteiger partial charge in [0.2, 0.25) is 5.91 Å². The van der Waals surface area contributed by atoms with Crippen molar-refractivity contribution in [2.24, 2.45) is 0 Å². The molecule has 1 amide bonds. The molecule has 2 atom stereocenters. The lowest BCUT2D eigenvalue weighted by molar-refractivity contribution is -0.122. The van der Waals surface area contributed by atoms with E-state index in [1.807, 2.05) is 20.0 Å². The fourth-order valence-electron chi connectivity index (χ4n) is 2.37. The molecule has 0 aliphatic rings. The number of carbonyl (C=O) groups is 1. The van der Waals surface area contributed by atoms with Crippen LogP contribution in [0.5, 0.6) is 0 Å². The number of hydrogen-bond donors (Lipinski definition) is 2. The van der Waals surface area contributed by atoms with Gasteiger partial charge in [0.05, 0.1) is 12.3 Å². The van der Waals surface area contributed by atoms with Gasteiger partial charge in [-0.2, -0.15) is 5.10 Å². The predicted molar refractivity (Wildman–Crippen MR) is 85.2 cm³/mol. The summed E-state index contributed by atoms with van der Waals surface area (Å²) in [7, 11) is 0. The fourth-order valence-corrected chi connectivity index (χ4v) is 2.37. The summed E-state index contributed by atoms with van der Waals surface area (Å²) in [6.45, 7) is 4.30. The number of rotatable bonds is 7. The third-order valence-electron chi connectivity index (χ3n) is 3.57. The van der Waals surface area contributed by atoms with Crippen LogP contribution in [-0.4, -0.2) is 26.8 Å². The standard InChI is InChI=1S/C17H22FN3O2/c1-12-10-19-21(11-12)8-7-17(23)20-13(2)9-16(22)14-3-5-15(18)6-4-14/h3-6,10-11,13,16,22H,7-9H2,1-2H3,(H,20,23). The second kappa shape index (κ2) is 7.87. The van der Waals surface area contributed by atoms with Gasteiger partial charge in [-0.15, -0.1) is 0 Å². The Hall–Kier alpha value is -2.21. The van der Waals surface area contributed by atoms with Crippen LogP contribution in [0.25, 0.3) is 0 Å². The normalized spacial score (nSPS) is 13.6. The monoisotopic (exact) mass is 319 g/mol. The maximum atomic E-state index is 12.9. The number of aliphatic hydroxyl groups excluding tert-OH is 1. The minimum atomic E-state index is -0.736. The number of aliphatic hydroxyl groups is 1. The average molecular weight is 319 g/mol. The Kier molecular flexibility index (Phi) is 5.87. The zero-order valence-electron chi connectivity index (χ0n) is 13.4. The van der Waals surface area contributed by atoms with Gasteiger partial charge in [-0.1, -0.05) is 12.1 Å². The van der Waals surface area contributed by atoms with Crippen molar-refractivity contribution in [3.63, 3.8) is 0 Å². The molecular formula is C17H22FN3O2. The van der Waals surface area contributed by atoms with Gasteiger partial charge in [-0.3, -0.25) is 9.48 Å². The van der Waals surface area contributed by atoms with Crippen LogP contribution in [0, 0.1) is 12.7 Å². The van der Waals surface area contributed by atoms with E-state index in [4.69, 9.17) is 0 Å². The minimum Gasteiger partial charge on any atom is -0.388 e. The molecule has 2 aromatic rings. The van der Waals surface area contributed by atoms with E-state index in [9.17, 15) is 14.3 Å². The van der Waals surface area contributed by atoms with Crippen LogP contribution in [0.1, 0.15) is 37.0 Å². The lowest BCUT2D eigenvalue weighted by Crippen LogP contribution is -2.34. The van der Waals surface area contributed by atoms with E-state index in [1.54, 1.807) is 23.0 Å². The topological polar surface area (TPSA) is 67.2 Å². The molecule has 0 bridgehead atoms. The van der Waals surface area contributed by atoms with Crippen LogP contribution in [0.3, 0.4) is 0 Å². The van der Waals surface area contributed by atoms with Crippen molar-refractivity contribution in [1.82, 2.24) is 15.1 Å². The van der Waals surface area contributed by atoms with Crippen molar-refractivity contribution in [3.05, 3.63) is 53.6 Å². The smallest absolute Gasteiger partial charge is 0.222 e. The minimum absolute atomic E-state index is 0.0861. The lowest BCUT2D eigenvalue weighted by atomic mass is 10.0. The molecule has 124 valence electrons. The van der Waals surface area contributed by atoms with Crippen LogP contribution in [0.4, 0.5) is 4.39 Å². The highest BCUT2D eigenvalue weighted by atomic mass is 19.1. The highest BCUT2D eigenvalue weighted by Gasteiger charge is 2.14. The Morgan fingerprint density at radius 1 is 1.39 bits per heavy atom. The molecule has 2 N–H and O–H groups in total. The number of aryl methyl sites for hydroxylation is 2. The van der Waals surface area contributed by atoms with E-state index in [0.717, 1.165) is 5.56 Å². The van der Waals surface area contributed by atoms with Crippen molar-refractivity contribution in [3.8, 4) is 0 Å². The lowest BCUT2D eigenvalue weighted by Gasteiger charge is -2.18. The van der Waals surface area contributed by atoms with E-state index in [-0.39, 0.29) is 17.8 Å². The maximum Gasteiger partial charge on any atom is 0.222 e. The molecule has 0 saturated carbocycles. The quantitative estimate of drug-likeness (QED) is 0.823. The van der Waals surface area contributed by atoms with Crippen LogP contribution < -0.4 is 5.32 Å². The highest BCUT2D eigenvalue weighted by Crippen LogP contribution is 2.18. The van der Waals surface area contributed by atoms with Gasteiger partial charge in [0.15, 0.2) is 0 Å². The molecule has 1 heterocycles. The first-order valence-electron chi connectivity index (χ1n) is 7.66. The summed E-state index contributed by atoms with van der Waals surface area (Å²) in [5, 5.41) is 17.1. The first-order chi connectivity index (χ1) is 10.9. The maximum absolute atomic E-state index is 12.9. The molecule has 5 nitrogen and oxygen atoms in total. The van der Waals surface area contributed by atoms with Gasteiger partial charge in [-0.25, -0.2) is 4.39 Å². The number of nitrogens with zero attached hydrogens (tertiary/aromatic N) is 2. The van der Waals surface area contributed by atoms with Gasteiger partial charge in [0.25, 0.3) is 0 Å². The number of nitrogens with one attached hydrogen (secondary N) is 1. The zero-order valence-corrected chi connectivity index (χ0v) is 13.4. The number of amides is 1. The largest absolute Gasteiger partial charge is 0.388 e. The molecule has 0 aliphatic heterocycles. The van der Waals surface area contributed by atoms with Gasteiger partial charge in [0.1, 0.15) is 5.82 Å². The molecule has 0 spiro atoms. The summed E-state index contributed by atoms with van der Waals surface area (Å²) in [5.74, 6) is -0.423. The molecular weight excluding hydrogens is 297 g/mol. The average Bonchev–Trinajstić information content (AvgIpc) is 2.91. The second-order valence-corrected chi connectivity index (χ2v) is 5.80. The van der Waals surface area contributed by atoms with Crippen molar-refractivity contribution < 1.29 is 14.3 Å². The van der Waals surface area contributed by atoms with Crippen molar-refractivity contribution in [1.29, 1.82) is 0 Å². The molecule has 0 aliphatic carbocycles. The number of benzene rings is 1. The summed E-state index contributed by atoms with van der Waals surface area (Å²) >= 11 is 0. The number of carbonyl (C=O) groups excluding carboxylic acids is 1. The van der Waals surface area contributed by atoms with Gasteiger partial charge in [0, 0.05) is 25.2 Å². The van der Waals surface area contributed by atoms with Crippen LogP contribution in [0.15, 0.2) is 36.7 Å². The molecule has 2 unspecified atom stereocenters. The molecule has 0 fully saturated rings. The molecule has 0 saturated heterocycles. The van der Waals surface area contributed by atoms with Gasteiger partial charge >= 0.3 is 0 Å². The third kappa shape index (κ3) is 5.49. The molecule has 1 aromatic carbocycles. The first-order valence-corrected chi connectivity index (χ1v) is 7.66. The highest BCUT2D eigenvalue weighted by molar-refractivity contribution is 5.76. The second-order valence-electron chi connectivity index (χ2n) is 5.80. The molecule has 23 heavy (non-hydrogen) atoms. The summed E-state index contributed by atoms with van der Waals surface area (Å²) in [4.78, 5) is 11.9. The molecule has 1 aromatic heterocycles. The van der Waals surface area contributed by atoms with Crippen LogP contribution in [-0.2, 0) is 11.3 Å². The number of hydrogen-bond acceptors (Lipinski definition) is 3.